The first kappa shape index (κ1) is 122. The Labute approximate surface area is 860 Å². The number of nitrogens with one attached hydrogen (secondary N) is 17. The van der Waals surface area contributed by atoms with Crippen molar-refractivity contribution in [2.24, 2.45) is 23.5 Å². The first-order chi connectivity index (χ1) is 69.1. The lowest BCUT2D eigenvalue weighted by molar-refractivity contribution is -0.145. The fourth-order valence-corrected chi connectivity index (χ4v) is 17.8. The number of carbonyl (C=O) groups is 18. The molecule has 0 aliphatic carbocycles. The van der Waals surface area contributed by atoms with Crippen molar-refractivity contribution in [1.82, 2.24) is 84.4 Å². The second-order valence-corrected chi connectivity index (χ2v) is 38.9. The number of aromatic nitrogens is 2. The number of aliphatic hydroxyl groups excluding tert-OH is 1. The maximum absolute atomic E-state index is 15.4. The summed E-state index contributed by atoms with van der Waals surface area (Å²) in [4.78, 5) is 260. The molecule has 145 heavy (non-hydrogen) atoms. The summed E-state index contributed by atoms with van der Waals surface area (Å²) in [5, 5.41) is 80.5. The number of H-pyrrole nitrogens is 2. The van der Waals surface area contributed by atoms with Crippen molar-refractivity contribution >= 4 is 178 Å². The third-order valence-electron chi connectivity index (χ3n) is 22.3. The summed E-state index contributed by atoms with van der Waals surface area (Å²) in [5.74, 6) is -21.4. The third kappa shape index (κ3) is 44.5. The minimum absolute atomic E-state index is 0.0385. The Bertz CT molecular complexity index is 5070. The minimum Gasteiger partial charge on any atom is -0.481 e. The van der Waals surface area contributed by atoms with Crippen molar-refractivity contribution in [2.45, 2.75) is 218 Å². The number of alkyl halides is 1. The van der Waals surface area contributed by atoms with Crippen LogP contribution in [0, 0.1) is 17.8 Å². The predicted octanol–water partition coefficient (Wildman–Crippen LogP) is 0.645. The van der Waals surface area contributed by atoms with E-state index in [-0.39, 0.29) is 96.2 Å². The molecule has 0 radical (unpaired) electrons. The van der Waals surface area contributed by atoms with E-state index in [1.165, 1.54) is 6.92 Å². The highest BCUT2D eigenvalue weighted by atomic mass is 127. The molecule has 13 atom stereocenters. The van der Waals surface area contributed by atoms with E-state index in [0.29, 0.717) is 110 Å². The molecule has 1 aliphatic rings. The van der Waals surface area contributed by atoms with Gasteiger partial charge in [0.05, 0.1) is 105 Å². The number of carbonyl (C=O) groups excluding carboxylic acids is 15. The van der Waals surface area contributed by atoms with Crippen LogP contribution in [0.4, 0.5) is 10.5 Å². The van der Waals surface area contributed by atoms with Crippen molar-refractivity contribution in [1.29, 1.82) is 0 Å². The molecule has 5 aromatic rings. The monoisotopic (exact) mass is 2190 g/mol. The highest BCUT2D eigenvalue weighted by Gasteiger charge is 2.44. The van der Waals surface area contributed by atoms with Crippen LogP contribution >= 0.6 is 44.2 Å². The number of hydrogen-bond acceptors (Lipinski definition) is 29. The molecule has 6 rings (SSSR count). The molecule has 23 N–H and O–H groups in total. The van der Waals surface area contributed by atoms with Crippen molar-refractivity contribution in [3.8, 4) is 0 Å². The Hall–Kier alpha value is -11.9. The zero-order valence-corrected chi connectivity index (χ0v) is 86.5. The number of alkyl carbamates (subject to hydrolysis) is 1. The number of para-hydroxylation sites is 2. The average molecular weight is 2190 g/mol. The van der Waals surface area contributed by atoms with Crippen LogP contribution in [0.1, 0.15) is 137 Å². The van der Waals surface area contributed by atoms with Crippen molar-refractivity contribution in [3.05, 3.63) is 102 Å². The number of nitrogens with two attached hydrogens (primary N) is 1. The van der Waals surface area contributed by atoms with E-state index in [2.05, 4.69) is 89.7 Å². The Morgan fingerprint density at radius 3 is 1.53 bits per heavy atom. The van der Waals surface area contributed by atoms with Crippen LogP contribution in [0.3, 0.4) is 0 Å². The summed E-state index contributed by atoms with van der Waals surface area (Å²) < 4.78 is 37.8. The van der Waals surface area contributed by atoms with Gasteiger partial charge in [-0.05, 0) is 111 Å². The lowest BCUT2D eigenvalue weighted by atomic mass is 9.95. The normalized spacial score (nSPS) is 20.3. The van der Waals surface area contributed by atoms with Crippen molar-refractivity contribution < 1.29 is 140 Å². The Morgan fingerprint density at radius 1 is 0.531 bits per heavy atom. The van der Waals surface area contributed by atoms with Gasteiger partial charge >= 0.3 is 24.0 Å². The van der Waals surface area contributed by atoms with Crippen LogP contribution in [-0.2, 0) is 134 Å². The summed E-state index contributed by atoms with van der Waals surface area (Å²) in [6.45, 7) is 16.8. The minimum atomic E-state index is -2.25. The molecule has 0 bridgehead atoms. The Kier molecular flexibility index (Phi) is 54.5. The van der Waals surface area contributed by atoms with Gasteiger partial charge in [0.15, 0.2) is 6.04 Å². The maximum atomic E-state index is 15.4. The standard InChI is InChI=1S/C95H139IN18O29S2/c1-54(2)42-70-83(124)101-49-77(118)104-69(25-26-78(119)120)85(126)108-71(43-55(3)4)88(129)112-80(56(5)6)91(132)109-73(45-62-48-100-67-19-13-11-17-65(62)67)87(128)110-74(90(131)113-81(58(8)115)92(133)134)51-144-145-52-75(111-93(135)95(53-96,46-79(121)122)114-59(9)116)89(130)102-57(7)82(123)106-72(44-61-47-99-66-18-12-10-16-64(61)66)86(127)105-68(84(125)107-70)20-14-15-29-98-94(136)143-50-60-21-23-63(24-22-60)103-76(117)27-30-137-32-34-139-36-38-141-40-41-142-39-37-140-35-33-138-31-28-97/h10-13,16-19,21-24,47-48,54-58,68-75,80-81,99-100,115H,14-15,20,25-46,49-53,97H2,1-9H3,(H,98,136)(H,101,124)(H,102,130)(H,103,117)(H,104,118)(H,105,127)(H,106,123)(H,107,125)(H,108,126)(H,109,132)(H,110,128)(H,111,135)(H,112,129)(H,113,131)(H,114,116)(H,119,120)(H,121,122)(H,133,134)/t57-,58+,68-,69-,70-,71-,72-,73-,74-,75-,80-,81-,95?/m0/s1. The van der Waals surface area contributed by atoms with Gasteiger partial charge in [-0.1, -0.05) is 134 Å². The summed E-state index contributed by atoms with van der Waals surface area (Å²) in [6.07, 6.45) is -2.78. The number of hydrogen-bond donors (Lipinski definition) is 22. The van der Waals surface area contributed by atoms with E-state index >= 15 is 24.0 Å². The van der Waals surface area contributed by atoms with Crippen LogP contribution in [0.15, 0.2) is 85.2 Å². The average Bonchev–Trinajstić information content (AvgIpc) is 1.43. The van der Waals surface area contributed by atoms with Crippen LogP contribution in [0.25, 0.3) is 21.8 Å². The molecule has 802 valence electrons. The summed E-state index contributed by atoms with van der Waals surface area (Å²) in [7, 11) is 1.45. The first-order valence-electron chi connectivity index (χ1n) is 47.7. The van der Waals surface area contributed by atoms with Gasteiger partial charge in [0.25, 0.3) is 0 Å². The molecular formula is C95H139IN18O29S2. The molecule has 0 spiro atoms. The van der Waals surface area contributed by atoms with Gasteiger partial charge in [-0.25, -0.2) is 9.59 Å². The lowest BCUT2D eigenvalue weighted by Crippen LogP contribution is -2.64. The number of amides is 15. The molecular weight excluding hydrogens is 2050 g/mol. The SMILES string of the molecule is CC(=O)NC(CI)(CC(=O)O)C(=O)N[C@H]1CSSC[C@@H](C(=O)N[C@H](C(=O)O)[C@@H](C)O)NC(=O)[C@H](Cc2c[nH]c3ccccc23)NC(=O)[C@H](C(C)C)NC(=O)[C@H](CC(C)C)NC(=O)[C@H](CCC(=O)O)NC(=O)CNC(=O)[C@H](CC(C)C)NC(=O)[C@H](CCCCNC(=O)OCc2ccc(NC(=O)CCOCCOCCOCCOCCOCCOCCN)cc2)NC(=O)[C@H](Cc2c[nH]c3ccccc23)NC(=O)[C@H](C)NC1=O. The first-order valence-corrected chi connectivity index (χ1v) is 51.7. The predicted molar refractivity (Wildman–Crippen MR) is 542 cm³/mol. The van der Waals surface area contributed by atoms with Crippen LogP contribution in [-0.4, -0.2) is 330 Å². The second-order valence-electron chi connectivity index (χ2n) is 35.6. The molecule has 1 unspecified atom stereocenters. The Balaban J connectivity index is 1.31. The number of halogens is 1. The number of carboxylic acid groups (broad SMARTS) is 3. The van der Waals surface area contributed by atoms with E-state index in [1.54, 1.807) is 149 Å². The zero-order valence-electron chi connectivity index (χ0n) is 82.7. The van der Waals surface area contributed by atoms with Gasteiger partial charge in [-0.3, -0.25) is 76.7 Å². The molecule has 50 heteroatoms. The number of benzene rings is 3. The molecule has 0 saturated carbocycles. The summed E-state index contributed by atoms with van der Waals surface area (Å²) in [5.41, 5.74) is 6.20. The van der Waals surface area contributed by atoms with E-state index in [4.69, 9.17) is 38.9 Å². The number of aromatic amines is 2. The number of rotatable bonds is 50. The van der Waals surface area contributed by atoms with Crippen molar-refractivity contribution in [3.63, 3.8) is 0 Å². The Morgan fingerprint density at radius 2 is 1.02 bits per heavy atom. The number of aliphatic carboxylic acids is 3. The lowest BCUT2D eigenvalue weighted by Gasteiger charge is -2.32. The van der Waals surface area contributed by atoms with Gasteiger partial charge in [0, 0.05) is 95.1 Å². The molecule has 1 fully saturated rings. The van der Waals surface area contributed by atoms with Gasteiger partial charge in [0.1, 0.15) is 72.6 Å². The molecule has 3 heterocycles. The maximum Gasteiger partial charge on any atom is 0.407 e. The summed E-state index contributed by atoms with van der Waals surface area (Å²) in [6, 6.07) is 1.63. The van der Waals surface area contributed by atoms with E-state index in [1.807, 2.05) is 0 Å². The quantitative estimate of drug-likeness (QED) is 0.0110. The molecule has 1 aliphatic heterocycles. The zero-order chi connectivity index (χ0) is 107. The van der Waals surface area contributed by atoms with Crippen LogP contribution < -0.4 is 85.5 Å². The molecule has 1 saturated heterocycles. The number of carboxylic acids is 3. The van der Waals surface area contributed by atoms with Gasteiger partial charge in [0.2, 0.25) is 82.7 Å². The number of unbranched alkanes of at least 4 members (excludes halogenated alkanes) is 1. The van der Waals surface area contributed by atoms with Crippen molar-refractivity contribution in [2.75, 3.05) is 120 Å². The summed E-state index contributed by atoms with van der Waals surface area (Å²) >= 11 is 1.66. The highest BCUT2D eigenvalue weighted by Crippen LogP contribution is 2.27. The smallest absolute Gasteiger partial charge is 0.407 e. The number of aliphatic hydroxyl groups is 1. The second kappa shape index (κ2) is 64.9. The largest absolute Gasteiger partial charge is 0.481 e. The van der Waals surface area contributed by atoms with Gasteiger partial charge in [-0.15, -0.1) is 0 Å². The van der Waals surface area contributed by atoms with E-state index in [0.717, 1.165) is 35.4 Å². The van der Waals surface area contributed by atoms with Crippen LogP contribution in [0.2, 0.25) is 0 Å². The molecule has 15 amide bonds. The third-order valence-corrected chi connectivity index (χ3v) is 26.0. The molecule has 2 aromatic heterocycles. The fraction of sp³-hybridized carbons (Fsp3) is 0.579. The van der Waals surface area contributed by atoms with Crippen LogP contribution in [0.5, 0.6) is 0 Å². The number of ether oxygens (including phenoxy) is 7. The van der Waals surface area contributed by atoms with E-state index < -0.39 is 232 Å². The highest BCUT2D eigenvalue weighted by molar-refractivity contribution is 14.1. The molecule has 47 nitrogen and oxygen atoms in total. The molecule has 3 aromatic carbocycles. The van der Waals surface area contributed by atoms with Gasteiger partial charge in [-0.2, -0.15) is 0 Å². The van der Waals surface area contributed by atoms with Gasteiger partial charge < -0.3 is 149 Å². The fourth-order valence-electron chi connectivity index (χ4n) is 14.7. The van der Waals surface area contributed by atoms with E-state index in [9.17, 15) is 82.8 Å². The number of fused-ring (bicyclic) bond motifs is 2. The topological polar surface area (TPSA) is 691 Å². The number of anilines is 1.